The molecule has 0 saturated heterocycles. The van der Waals surface area contributed by atoms with Crippen LogP contribution in [0.4, 0.5) is 0 Å². The first-order valence-corrected chi connectivity index (χ1v) is 17.6. The molecule has 4 amide bonds. The maximum absolute atomic E-state index is 14.3. The lowest BCUT2D eigenvalue weighted by atomic mass is 9.89. The molecule has 13 heteroatoms. The highest BCUT2D eigenvalue weighted by atomic mass is 16.2. The van der Waals surface area contributed by atoms with Crippen LogP contribution in [-0.2, 0) is 43.2 Å². The Balaban J connectivity index is 1.65. The van der Waals surface area contributed by atoms with Crippen molar-refractivity contribution in [2.24, 2.45) is 23.1 Å². The number of rotatable bonds is 20. The number of benzene rings is 3. The average molecular weight is 711 g/mol. The largest absolute Gasteiger partial charge is 0.368 e. The second kappa shape index (κ2) is 18.7. The molecule has 52 heavy (non-hydrogen) atoms. The van der Waals surface area contributed by atoms with Crippen molar-refractivity contribution in [2.45, 2.75) is 82.5 Å². The molecule has 0 fully saturated rings. The van der Waals surface area contributed by atoms with Gasteiger partial charge in [0, 0.05) is 37.1 Å². The lowest BCUT2D eigenvalue weighted by molar-refractivity contribution is -0.135. The Morgan fingerprint density at radius 3 is 2.12 bits per heavy atom. The number of unbranched alkanes of at least 4 members (excludes halogenated alkanes) is 1. The van der Waals surface area contributed by atoms with Gasteiger partial charge < -0.3 is 38.1 Å². The number of fused-ring (bicyclic) bond motifs is 1. The van der Waals surface area contributed by atoms with Gasteiger partial charge in [0.15, 0.2) is 5.78 Å². The predicted molar refractivity (Wildman–Crippen MR) is 199 cm³/mol. The van der Waals surface area contributed by atoms with Crippen molar-refractivity contribution in [1.29, 1.82) is 0 Å². The molecule has 4 atom stereocenters. The quantitative estimate of drug-likeness (QED) is 0.0670. The second-order valence-electron chi connectivity index (χ2n) is 13.8. The van der Waals surface area contributed by atoms with Crippen molar-refractivity contribution < 1.29 is 24.0 Å². The Labute approximate surface area is 303 Å². The van der Waals surface area contributed by atoms with Crippen molar-refractivity contribution in [1.82, 2.24) is 25.9 Å². The van der Waals surface area contributed by atoms with Gasteiger partial charge in [0.25, 0.3) is 0 Å². The summed E-state index contributed by atoms with van der Waals surface area (Å²) < 4.78 is 0. The van der Waals surface area contributed by atoms with E-state index in [0.717, 1.165) is 21.9 Å². The third-order valence-corrected chi connectivity index (χ3v) is 8.89. The van der Waals surface area contributed by atoms with Crippen LogP contribution in [-0.4, -0.2) is 69.6 Å². The molecule has 10 N–H and O–H groups in total. The fraction of sp³-hybridized carbons (Fsp3) is 0.385. The zero-order valence-corrected chi connectivity index (χ0v) is 29.8. The van der Waals surface area contributed by atoms with Gasteiger partial charge >= 0.3 is 0 Å². The van der Waals surface area contributed by atoms with Crippen LogP contribution in [0.1, 0.15) is 56.4 Å². The Kier molecular flexibility index (Phi) is 14.2. The molecular weight excluding hydrogens is 660 g/mol. The number of primary amides is 1. The minimum atomic E-state index is -1.26. The van der Waals surface area contributed by atoms with Crippen LogP contribution in [0.15, 0.2) is 85.3 Å². The van der Waals surface area contributed by atoms with Crippen LogP contribution < -0.4 is 33.2 Å². The van der Waals surface area contributed by atoms with Crippen LogP contribution in [0.5, 0.6) is 0 Å². The Morgan fingerprint density at radius 1 is 0.769 bits per heavy atom. The minimum Gasteiger partial charge on any atom is -0.368 e. The van der Waals surface area contributed by atoms with Crippen molar-refractivity contribution in [3.8, 4) is 0 Å². The van der Waals surface area contributed by atoms with E-state index in [0.29, 0.717) is 31.5 Å². The van der Waals surface area contributed by atoms with Gasteiger partial charge in [0.1, 0.15) is 12.1 Å². The summed E-state index contributed by atoms with van der Waals surface area (Å²) in [5.74, 6) is -3.69. The van der Waals surface area contributed by atoms with Crippen molar-refractivity contribution in [2.75, 3.05) is 6.54 Å². The molecule has 0 radical (unpaired) electrons. The number of Topliss-reactive ketones (excluding diaryl/α,β-unsaturated/α-hetero) is 1. The molecule has 4 rings (SSSR count). The minimum absolute atomic E-state index is 0.0999. The standard InChI is InChI=1S/C39H50N8O5/c1-39(2,42)38(52)47-32(22-30-23-43-24-44-30)34(48)21-29(19-26-15-16-27-12-6-7-13-28(27)18-26)36(50)46-33(20-25-10-4-3-5-11-25)37(51)45-31(35(41)49)14-8-9-17-40/h3-7,10-13,15-16,18,23-24,29,31-33H,8-9,14,17,19-22,40,42H2,1-2H3,(H2,41,49)(H,43,44)(H,45,51)(H,46,50)(H,47,52)/t29-,31-,32+,33+/m0/s1. The van der Waals surface area contributed by atoms with Gasteiger partial charge in [-0.2, -0.15) is 0 Å². The van der Waals surface area contributed by atoms with E-state index in [9.17, 15) is 24.0 Å². The first-order valence-electron chi connectivity index (χ1n) is 17.6. The monoisotopic (exact) mass is 710 g/mol. The van der Waals surface area contributed by atoms with Gasteiger partial charge in [-0.3, -0.25) is 24.0 Å². The van der Waals surface area contributed by atoms with Gasteiger partial charge in [0.2, 0.25) is 23.6 Å². The van der Waals surface area contributed by atoms with Gasteiger partial charge in [-0.25, -0.2) is 4.98 Å². The summed E-state index contributed by atoms with van der Waals surface area (Å²) in [7, 11) is 0. The highest BCUT2D eigenvalue weighted by Crippen LogP contribution is 2.21. The number of carbonyl (C=O) groups excluding carboxylic acids is 5. The first kappa shape index (κ1) is 39.4. The van der Waals surface area contributed by atoms with Gasteiger partial charge in [0.05, 0.1) is 17.9 Å². The zero-order chi connectivity index (χ0) is 37.7. The van der Waals surface area contributed by atoms with Gasteiger partial charge in [-0.05, 0) is 68.0 Å². The Morgan fingerprint density at radius 2 is 1.46 bits per heavy atom. The number of hydrogen-bond acceptors (Lipinski definition) is 8. The molecule has 13 nitrogen and oxygen atoms in total. The summed E-state index contributed by atoms with van der Waals surface area (Å²) in [4.78, 5) is 74.5. The predicted octanol–water partition coefficient (Wildman–Crippen LogP) is 1.97. The number of ketones is 1. The SMILES string of the molecule is CC(C)(N)C(=O)N[C@H](Cc1cnc[nH]1)C(=O)C[C@H](Cc1ccc2ccccc2c1)C(=O)N[C@H](Cc1ccccc1)C(=O)N[C@@H](CCCCN)C(N)=O. The molecule has 0 saturated carbocycles. The van der Waals surface area contributed by atoms with Crippen LogP contribution >= 0.6 is 0 Å². The smallest absolute Gasteiger partial charge is 0.243 e. The molecule has 0 aliphatic rings. The van der Waals surface area contributed by atoms with Gasteiger partial charge in [-0.15, -0.1) is 0 Å². The number of H-pyrrole nitrogens is 1. The van der Waals surface area contributed by atoms with Crippen molar-refractivity contribution in [3.63, 3.8) is 0 Å². The molecule has 0 aliphatic carbocycles. The molecular formula is C39H50N8O5. The zero-order valence-electron chi connectivity index (χ0n) is 29.8. The van der Waals surface area contributed by atoms with E-state index < -0.39 is 59.0 Å². The second-order valence-corrected chi connectivity index (χ2v) is 13.8. The number of hydrogen-bond donors (Lipinski definition) is 7. The molecule has 1 aromatic heterocycles. The van der Waals surface area contributed by atoms with E-state index in [2.05, 4.69) is 25.9 Å². The van der Waals surface area contributed by atoms with E-state index in [1.165, 1.54) is 20.2 Å². The van der Waals surface area contributed by atoms with Crippen LogP contribution in [0.25, 0.3) is 10.8 Å². The van der Waals surface area contributed by atoms with Crippen LogP contribution in [0.3, 0.4) is 0 Å². The number of carbonyl (C=O) groups is 5. The van der Waals surface area contributed by atoms with Crippen molar-refractivity contribution in [3.05, 3.63) is 102 Å². The van der Waals surface area contributed by atoms with E-state index in [1.807, 2.05) is 72.8 Å². The van der Waals surface area contributed by atoms with Crippen LogP contribution in [0, 0.1) is 5.92 Å². The number of imidazole rings is 1. The van der Waals surface area contributed by atoms with E-state index in [-0.39, 0.29) is 25.7 Å². The lowest BCUT2D eigenvalue weighted by Gasteiger charge is -2.26. The maximum atomic E-state index is 14.3. The van der Waals surface area contributed by atoms with E-state index >= 15 is 0 Å². The molecule has 0 bridgehead atoms. The maximum Gasteiger partial charge on any atom is 0.243 e. The summed E-state index contributed by atoms with van der Waals surface area (Å²) in [5, 5.41) is 10.4. The van der Waals surface area contributed by atoms with Crippen LogP contribution in [0.2, 0.25) is 0 Å². The molecule has 3 aromatic carbocycles. The molecule has 276 valence electrons. The number of aromatic amines is 1. The summed E-state index contributed by atoms with van der Waals surface area (Å²) in [5.41, 5.74) is 18.2. The first-order chi connectivity index (χ1) is 24.8. The summed E-state index contributed by atoms with van der Waals surface area (Å²) >= 11 is 0. The van der Waals surface area contributed by atoms with E-state index in [4.69, 9.17) is 17.2 Å². The number of nitrogens with one attached hydrogen (secondary N) is 4. The third-order valence-electron chi connectivity index (χ3n) is 8.89. The fourth-order valence-electron chi connectivity index (χ4n) is 5.90. The highest BCUT2D eigenvalue weighted by molar-refractivity contribution is 5.96. The lowest BCUT2D eigenvalue weighted by Crippen LogP contribution is -2.56. The topological polar surface area (TPSA) is 228 Å². The summed E-state index contributed by atoms with van der Waals surface area (Å²) in [6.45, 7) is 3.50. The third kappa shape index (κ3) is 11.8. The Hall–Kier alpha value is -5.40. The molecule has 4 aromatic rings. The summed E-state index contributed by atoms with van der Waals surface area (Å²) in [6, 6.07) is 19.7. The molecule has 0 unspecified atom stereocenters. The number of amides is 4. The summed E-state index contributed by atoms with van der Waals surface area (Å²) in [6.07, 6.45) is 4.68. The molecule has 1 heterocycles. The Bertz CT molecular complexity index is 1810. The highest BCUT2D eigenvalue weighted by Gasteiger charge is 2.33. The number of nitrogens with zero attached hydrogens (tertiary/aromatic N) is 1. The van der Waals surface area contributed by atoms with Crippen molar-refractivity contribution >= 4 is 40.2 Å². The number of nitrogens with two attached hydrogens (primary N) is 3. The normalized spacial score (nSPS) is 13.8. The van der Waals surface area contributed by atoms with Gasteiger partial charge in [-0.1, -0.05) is 72.8 Å². The molecule has 0 aliphatic heterocycles. The fourth-order valence-corrected chi connectivity index (χ4v) is 5.90. The van der Waals surface area contributed by atoms with E-state index in [1.54, 1.807) is 6.20 Å². The number of aromatic nitrogens is 2. The molecule has 0 spiro atoms. The average Bonchev–Trinajstić information content (AvgIpc) is 3.63.